The molecule has 3 aromatic carbocycles. The molecule has 0 fully saturated rings. The Hall–Kier alpha value is -3.19. The molecule has 172 valence electrons. The highest BCUT2D eigenvalue weighted by molar-refractivity contribution is 7.99. The molecule has 0 saturated carbocycles. The number of fused-ring (bicyclic) bond motifs is 2. The van der Waals surface area contributed by atoms with Gasteiger partial charge in [0.05, 0.1) is 27.0 Å². The van der Waals surface area contributed by atoms with Gasteiger partial charge in [-0.15, -0.1) is 11.8 Å². The molecule has 0 aliphatic carbocycles. The van der Waals surface area contributed by atoms with Crippen molar-refractivity contribution in [3.63, 3.8) is 0 Å². The first-order valence-electron chi connectivity index (χ1n) is 10.9. The highest BCUT2D eigenvalue weighted by atomic mass is 32.2. The Bertz CT molecular complexity index is 1150. The van der Waals surface area contributed by atoms with Gasteiger partial charge in [0.15, 0.2) is 11.5 Å². The van der Waals surface area contributed by atoms with Gasteiger partial charge in [-0.2, -0.15) is 0 Å². The van der Waals surface area contributed by atoms with Crippen LogP contribution in [0.5, 0.6) is 28.7 Å². The lowest BCUT2D eigenvalue weighted by atomic mass is 10.1. The van der Waals surface area contributed by atoms with Crippen molar-refractivity contribution in [2.24, 2.45) is 0 Å². The summed E-state index contributed by atoms with van der Waals surface area (Å²) in [6.45, 7) is 1.84. The predicted molar refractivity (Wildman–Crippen MR) is 129 cm³/mol. The van der Waals surface area contributed by atoms with Crippen LogP contribution in [-0.4, -0.2) is 34.7 Å². The van der Waals surface area contributed by atoms with Gasteiger partial charge in [0.1, 0.15) is 11.5 Å². The Kier molecular flexibility index (Phi) is 6.13. The van der Waals surface area contributed by atoms with Crippen molar-refractivity contribution in [2.45, 2.75) is 23.1 Å². The molecule has 0 saturated heterocycles. The van der Waals surface area contributed by atoms with Gasteiger partial charge < -0.3 is 28.6 Å². The average Bonchev–Trinajstić information content (AvgIpc) is 3.26. The van der Waals surface area contributed by atoms with E-state index in [9.17, 15) is 0 Å². The highest BCUT2D eigenvalue weighted by Crippen LogP contribution is 2.49. The molecule has 0 spiro atoms. The quantitative estimate of drug-likeness (QED) is 0.464. The molecule has 7 heteroatoms. The van der Waals surface area contributed by atoms with E-state index in [0.717, 1.165) is 42.3 Å². The number of ether oxygens (including phenoxy) is 5. The topological polar surface area (TPSA) is 49.4 Å². The van der Waals surface area contributed by atoms with Crippen LogP contribution in [0.4, 0.5) is 5.69 Å². The largest absolute Gasteiger partial charge is 0.497 e. The molecule has 0 aromatic heterocycles. The zero-order valence-corrected chi connectivity index (χ0v) is 19.8. The van der Waals surface area contributed by atoms with E-state index in [1.54, 1.807) is 21.3 Å². The molecule has 3 aromatic rings. The fraction of sp³-hybridized carbons (Fsp3) is 0.308. The van der Waals surface area contributed by atoms with Gasteiger partial charge >= 0.3 is 0 Å². The molecule has 1 unspecified atom stereocenters. The molecule has 0 bridgehead atoms. The molecular weight excluding hydrogens is 438 g/mol. The number of benzene rings is 3. The van der Waals surface area contributed by atoms with E-state index in [4.69, 9.17) is 23.7 Å². The normalized spacial score (nSPS) is 16.7. The van der Waals surface area contributed by atoms with Crippen molar-refractivity contribution in [1.29, 1.82) is 0 Å². The summed E-state index contributed by atoms with van der Waals surface area (Å²) in [5.74, 6) is 3.88. The van der Waals surface area contributed by atoms with E-state index in [-0.39, 0.29) is 12.0 Å². The van der Waals surface area contributed by atoms with E-state index in [1.807, 2.05) is 42.1 Å². The lowest BCUT2D eigenvalue weighted by molar-refractivity contribution is 0.171. The highest BCUT2D eigenvalue weighted by Gasteiger charge is 2.27. The molecule has 0 radical (unpaired) electrons. The fourth-order valence-corrected chi connectivity index (χ4v) is 5.75. The number of methoxy groups -OCH3 is 3. The number of rotatable bonds is 6. The summed E-state index contributed by atoms with van der Waals surface area (Å²) >= 11 is 1.86. The van der Waals surface area contributed by atoms with Gasteiger partial charge in [-0.1, -0.05) is 18.2 Å². The smallest absolute Gasteiger partial charge is 0.231 e. The zero-order chi connectivity index (χ0) is 22.8. The van der Waals surface area contributed by atoms with E-state index in [1.165, 1.54) is 16.1 Å². The number of hydrogen-bond donors (Lipinski definition) is 0. The van der Waals surface area contributed by atoms with Gasteiger partial charge in [-0.25, -0.2) is 0 Å². The Labute approximate surface area is 198 Å². The molecule has 1 atom stereocenters. The molecule has 2 heterocycles. The predicted octanol–water partition coefficient (Wildman–Crippen LogP) is 5.68. The van der Waals surface area contributed by atoms with E-state index < -0.39 is 0 Å². The first-order valence-corrected chi connectivity index (χ1v) is 11.8. The van der Waals surface area contributed by atoms with Crippen LogP contribution in [0.25, 0.3) is 0 Å². The second-order valence-electron chi connectivity index (χ2n) is 7.92. The molecule has 5 rings (SSSR count). The number of anilines is 1. The Morgan fingerprint density at radius 1 is 0.939 bits per heavy atom. The average molecular weight is 466 g/mol. The van der Waals surface area contributed by atoms with Crippen molar-refractivity contribution in [2.75, 3.05) is 39.6 Å². The van der Waals surface area contributed by atoms with Gasteiger partial charge in [0.25, 0.3) is 0 Å². The SMILES string of the molecule is COc1ccc2c(c1)SC(c1ccccc1OC)CCN2Cc1cc(OC)c2c(c1)OCO2. The molecule has 33 heavy (non-hydrogen) atoms. The van der Waals surface area contributed by atoms with E-state index >= 15 is 0 Å². The molecule has 2 aliphatic rings. The van der Waals surface area contributed by atoms with Crippen LogP contribution in [0.15, 0.2) is 59.5 Å². The minimum Gasteiger partial charge on any atom is -0.497 e. The first kappa shape index (κ1) is 21.6. The van der Waals surface area contributed by atoms with Gasteiger partial charge in [0.2, 0.25) is 12.5 Å². The lowest BCUT2D eigenvalue weighted by Crippen LogP contribution is -2.24. The summed E-state index contributed by atoms with van der Waals surface area (Å²) in [7, 11) is 5.09. The summed E-state index contributed by atoms with van der Waals surface area (Å²) in [6.07, 6.45) is 0.976. The molecule has 6 nitrogen and oxygen atoms in total. The maximum atomic E-state index is 5.67. The lowest BCUT2D eigenvalue weighted by Gasteiger charge is -2.25. The van der Waals surface area contributed by atoms with E-state index in [0.29, 0.717) is 11.5 Å². The minimum atomic E-state index is 0.221. The van der Waals surface area contributed by atoms with Crippen LogP contribution in [0, 0.1) is 0 Å². The van der Waals surface area contributed by atoms with Crippen LogP contribution in [0.3, 0.4) is 0 Å². The van der Waals surface area contributed by atoms with Crippen molar-refractivity contribution >= 4 is 17.4 Å². The molecule has 0 amide bonds. The Morgan fingerprint density at radius 3 is 2.61 bits per heavy atom. The van der Waals surface area contributed by atoms with Crippen molar-refractivity contribution in [1.82, 2.24) is 0 Å². The first-order chi connectivity index (χ1) is 16.2. The van der Waals surface area contributed by atoms with Crippen LogP contribution in [0.1, 0.15) is 22.8 Å². The van der Waals surface area contributed by atoms with Crippen LogP contribution in [-0.2, 0) is 6.54 Å². The van der Waals surface area contributed by atoms with Crippen LogP contribution < -0.4 is 28.6 Å². The third-order valence-corrected chi connectivity index (χ3v) is 7.37. The third kappa shape index (κ3) is 4.25. The summed E-state index contributed by atoms with van der Waals surface area (Å²) in [4.78, 5) is 3.60. The second kappa shape index (κ2) is 9.35. The standard InChI is InChI=1S/C26H27NO5S/c1-28-18-8-9-20-25(14-18)33-24(19-6-4-5-7-21(19)29-2)10-11-27(20)15-17-12-22(30-3)26-23(13-17)31-16-32-26/h4-9,12-14,24H,10-11,15-16H2,1-3H3. The summed E-state index contributed by atoms with van der Waals surface area (Å²) in [5, 5.41) is 0.267. The Balaban J connectivity index is 1.50. The maximum Gasteiger partial charge on any atom is 0.231 e. The summed E-state index contributed by atoms with van der Waals surface area (Å²) < 4.78 is 28.0. The van der Waals surface area contributed by atoms with Crippen molar-refractivity contribution in [3.8, 4) is 28.7 Å². The van der Waals surface area contributed by atoms with Gasteiger partial charge in [-0.3, -0.25) is 0 Å². The molecule has 0 N–H and O–H groups in total. The van der Waals surface area contributed by atoms with E-state index in [2.05, 4.69) is 29.2 Å². The number of nitrogens with zero attached hydrogens (tertiary/aromatic N) is 1. The van der Waals surface area contributed by atoms with Crippen molar-refractivity contribution in [3.05, 3.63) is 65.7 Å². The van der Waals surface area contributed by atoms with Crippen molar-refractivity contribution < 1.29 is 23.7 Å². The number of hydrogen-bond acceptors (Lipinski definition) is 7. The molecule has 2 aliphatic heterocycles. The maximum absolute atomic E-state index is 5.67. The molecular formula is C26H27NO5S. The number of thioether (sulfide) groups is 1. The summed E-state index contributed by atoms with van der Waals surface area (Å²) in [5.41, 5.74) is 3.51. The van der Waals surface area contributed by atoms with Gasteiger partial charge in [-0.05, 0) is 48.4 Å². The third-order valence-electron chi connectivity index (χ3n) is 6.02. The minimum absolute atomic E-state index is 0.221. The number of para-hydroxylation sites is 1. The Morgan fingerprint density at radius 2 is 1.79 bits per heavy atom. The second-order valence-corrected chi connectivity index (χ2v) is 9.17. The van der Waals surface area contributed by atoms with Crippen LogP contribution >= 0.6 is 11.8 Å². The summed E-state index contributed by atoms with van der Waals surface area (Å²) in [6, 6.07) is 18.7. The zero-order valence-electron chi connectivity index (χ0n) is 19.0. The monoisotopic (exact) mass is 465 g/mol. The fourth-order valence-electron chi connectivity index (χ4n) is 4.39. The van der Waals surface area contributed by atoms with Gasteiger partial charge in [0, 0.05) is 28.8 Å². The van der Waals surface area contributed by atoms with Crippen LogP contribution in [0.2, 0.25) is 0 Å².